The molecule has 1 heterocycles. The third-order valence-corrected chi connectivity index (χ3v) is 5.57. The van der Waals surface area contributed by atoms with Crippen molar-refractivity contribution in [2.45, 2.75) is 19.1 Å². The van der Waals surface area contributed by atoms with E-state index in [1.807, 2.05) is 54.6 Å². The van der Waals surface area contributed by atoms with Gasteiger partial charge in [0, 0.05) is 17.7 Å². The van der Waals surface area contributed by atoms with Gasteiger partial charge < -0.3 is 25.2 Å². The van der Waals surface area contributed by atoms with Gasteiger partial charge in [-0.05, 0) is 41.3 Å². The first-order valence-electron chi connectivity index (χ1n) is 10.9. The summed E-state index contributed by atoms with van der Waals surface area (Å²) in [6.45, 7) is -0.211. The Hall–Kier alpha value is -4.37. The Labute approximate surface area is 201 Å². The third kappa shape index (κ3) is 5.77. The molecule has 9 nitrogen and oxygen atoms in total. The van der Waals surface area contributed by atoms with Crippen molar-refractivity contribution in [3.8, 4) is 5.75 Å². The van der Waals surface area contributed by atoms with Gasteiger partial charge in [-0.15, -0.1) is 5.06 Å². The highest BCUT2D eigenvalue weighted by Crippen LogP contribution is 2.40. The van der Waals surface area contributed by atoms with Gasteiger partial charge in [-0.25, -0.2) is 9.59 Å². The predicted molar refractivity (Wildman–Crippen MR) is 124 cm³/mol. The van der Waals surface area contributed by atoms with E-state index in [9.17, 15) is 14.4 Å². The lowest BCUT2D eigenvalue weighted by molar-refractivity contribution is -0.152. The van der Waals surface area contributed by atoms with Gasteiger partial charge in [0.25, 0.3) is 0 Å². The quantitative estimate of drug-likeness (QED) is 0.473. The van der Waals surface area contributed by atoms with E-state index in [-0.39, 0.29) is 17.9 Å². The number of hydrogen-bond donors (Lipinski definition) is 2. The van der Waals surface area contributed by atoms with Crippen LogP contribution >= 0.6 is 0 Å². The minimum absolute atomic E-state index is 0.0406. The van der Waals surface area contributed by atoms with Crippen LogP contribution < -0.4 is 10.5 Å². The van der Waals surface area contributed by atoms with Crippen LogP contribution in [0.1, 0.15) is 38.7 Å². The van der Waals surface area contributed by atoms with E-state index in [0.717, 1.165) is 16.7 Å². The Bertz CT molecular complexity index is 1230. The van der Waals surface area contributed by atoms with Gasteiger partial charge in [0.2, 0.25) is 5.91 Å². The van der Waals surface area contributed by atoms with Crippen molar-refractivity contribution in [3.05, 3.63) is 101 Å². The minimum atomic E-state index is -1.16. The van der Waals surface area contributed by atoms with Crippen LogP contribution in [0.3, 0.4) is 0 Å². The maximum Gasteiger partial charge on any atom is 0.528 e. The molecule has 3 aromatic rings. The number of fused-ring (bicyclic) bond motifs is 1. The van der Waals surface area contributed by atoms with E-state index in [2.05, 4.69) is 0 Å². The second kappa shape index (κ2) is 10.7. The van der Waals surface area contributed by atoms with Crippen LogP contribution in [0.25, 0.3) is 0 Å². The number of amides is 1. The van der Waals surface area contributed by atoms with Gasteiger partial charge in [0.1, 0.15) is 12.4 Å². The number of nitrogens with zero attached hydrogens (tertiary/aromatic N) is 1. The van der Waals surface area contributed by atoms with E-state index in [0.29, 0.717) is 18.5 Å². The zero-order chi connectivity index (χ0) is 24.8. The van der Waals surface area contributed by atoms with Crippen LogP contribution in [0.5, 0.6) is 5.75 Å². The summed E-state index contributed by atoms with van der Waals surface area (Å²) in [4.78, 5) is 41.2. The molecule has 3 N–H and O–H groups in total. The highest BCUT2D eigenvalue weighted by Gasteiger charge is 2.34. The summed E-state index contributed by atoms with van der Waals surface area (Å²) in [5, 5.41) is 10.6. The van der Waals surface area contributed by atoms with Crippen molar-refractivity contribution in [2.24, 2.45) is 5.73 Å². The average molecular weight is 476 g/mol. The monoisotopic (exact) mass is 476 g/mol. The van der Waals surface area contributed by atoms with Gasteiger partial charge in [-0.1, -0.05) is 54.6 Å². The number of aliphatic carboxylic acids is 1. The molecule has 1 aliphatic heterocycles. The van der Waals surface area contributed by atoms with Gasteiger partial charge in [-0.2, -0.15) is 0 Å². The number of carboxylic acids is 1. The SMILES string of the molecule is NC(=O)c1ccc(OCC(=O)O)c(C2c3ccccc3CCN2OC(=O)OCc2ccccc2)c1. The Kier molecular flexibility index (Phi) is 7.27. The molecule has 9 heteroatoms. The van der Waals surface area contributed by atoms with Gasteiger partial charge >= 0.3 is 12.1 Å². The lowest BCUT2D eigenvalue weighted by Gasteiger charge is -2.36. The number of carboxylic acid groups (broad SMARTS) is 1. The number of rotatable bonds is 8. The molecule has 4 rings (SSSR count). The molecule has 1 aliphatic rings. The van der Waals surface area contributed by atoms with Crippen LogP contribution in [-0.2, 0) is 27.4 Å². The Morgan fingerprint density at radius 1 is 0.971 bits per heavy atom. The number of hydrogen-bond acceptors (Lipinski definition) is 7. The molecular weight excluding hydrogens is 452 g/mol. The van der Waals surface area contributed by atoms with E-state index in [1.54, 1.807) is 0 Å². The van der Waals surface area contributed by atoms with Crippen LogP contribution in [0, 0.1) is 0 Å². The summed E-state index contributed by atoms with van der Waals surface area (Å²) in [5.41, 5.74) is 8.78. The number of benzene rings is 3. The van der Waals surface area contributed by atoms with E-state index in [4.69, 9.17) is 25.2 Å². The molecule has 0 saturated heterocycles. The van der Waals surface area contributed by atoms with Gasteiger partial charge in [0.05, 0.1) is 6.04 Å². The first-order valence-corrected chi connectivity index (χ1v) is 10.9. The molecule has 1 unspecified atom stereocenters. The second-order valence-electron chi connectivity index (χ2n) is 7.91. The first kappa shape index (κ1) is 23.8. The van der Waals surface area contributed by atoms with Crippen molar-refractivity contribution in [1.29, 1.82) is 0 Å². The van der Waals surface area contributed by atoms with Gasteiger partial charge in [0.15, 0.2) is 6.61 Å². The molecule has 0 aromatic heterocycles. The highest BCUT2D eigenvalue weighted by atomic mass is 16.8. The zero-order valence-electron chi connectivity index (χ0n) is 18.8. The van der Waals surface area contributed by atoms with Crippen molar-refractivity contribution < 1.29 is 33.8 Å². The van der Waals surface area contributed by atoms with E-state index in [1.165, 1.54) is 23.3 Å². The lowest BCUT2D eigenvalue weighted by atomic mass is 9.88. The summed E-state index contributed by atoms with van der Waals surface area (Å²) in [5.74, 6) is -1.59. The maximum absolute atomic E-state index is 12.6. The number of carbonyl (C=O) groups excluding carboxylic acids is 2. The summed E-state index contributed by atoms with van der Waals surface area (Å²) in [7, 11) is 0. The Morgan fingerprint density at radius 3 is 2.46 bits per heavy atom. The fourth-order valence-corrected chi connectivity index (χ4v) is 3.99. The van der Waals surface area contributed by atoms with Crippen molar-refractivity contribution >= 4 is 18.0 Å². The van der Waals surface area contributed by atoms with Crippen molar-refractivity contribution in [3.63, 3.8) is 0 Å². The van der Waals surface area contributed by atoms with Crippen LogP contribution in [-0.4, -0.2) is 41.4 Å². The molecule has 180 valence electrons. The normalized spacial score (nSPS) is 15.0. The molecular formula is C26H24N2O7. The standard InChI is InChI=1S/C26H24N2O7/c27-25(31)19-10-11-22(33-16-23(29)30)21(14-19)24-20-9-5-4-8-18(20)12-13-28(24)35-26(32)34-15-17-6-2-1-3-7-17/h1-11,14,24H,12-13,15-16H2,(H2,27,31)(H,29,30). The lowest BCUT2D eigenvalue weighted by Crippen LogP contribution is -2.38. The molecule has 0 aliphatic carbocycles. The minimum Gasteiger partial charge on any atom is -0.482 e. The predicted octanol–water partition coefficient (Wildman–Crippen LogP) is 3.46. The van der Waals surface area contributed by atoms with Crippen molar-refractivity contribution in [2.75, 3.05) is 13.2 Å². The average Bonchev–Trinajstić information content (AvgIpc) is 2.86. The fourth-order valence-electron chi connectivity index (χ4n) is 3.99. The third-order valence-electron chi connectivity index (χ3n) is 5.57. The van der Waals surface area contributed by atoms with Gasteiger partial charge in [-0.3, -0.25) is 4.79 Å². The van der Waals surface area contributed by atoms with Crippen LogP contribution in [0.4, 0.5) is 4.79 Å². The summed E-state index contributed by atoms with van der Waals surface area (Å²) < 4.78 is 10.8. The number of nitrogens with two attached hydrogens (primary N) is 1. The molecule has 0 spiro atoms. The number of carbonyl (C=O) groups is 3. The molecule has 0 saturated carbocycles. The first-order chi connectivity index (χ1) is 16.9. The van der Waals surface area contributed by atoms with Crippen molar-refractivity contribution in [1.82, 2.24) is 5.06 Å². The fraction of sp³-hybridized carbons (Fsp3) is 0.192. The van der Waals surface area contributed by atoms with E-state index < -0.39 is 30.7 Å². The molecule has 0 bridgehead atoms. The molecule has 0 radical (unpaired) electrons. The molecule has 35 heavy (non-hydrogen) atoms. The topological polar surface area (TPSA) is 128 Å². The van der Waals surface area contributed by atoms with E-state index >= 15 is 0 Å². The smallest absolute Gasteiger partial charge is 0.482 e. The number of hydroxylamine groups is 2. The molecule has 3 aromatic carbocycles. The zero-order valence-corrected chi connectivity index (χ0v) is 18.8. The summed E-state index contributed by atoms with van der Waals surface area (Å²) >= 11 is 0. The molecule has 0 fully saturated rings. The second-order valence-corrected chi connectivity index (χ2v) is 7.91. The molecule has 1 atom stereocenters. The maximum atomic E-state index is 12.6. The van der Waals surface area contributed by atoms with Crippen LogP contribution in [0.2, 0.25) is 0 Å². The number of ether oxygens (including phenoxy) is 2. The summed E-state index contributed by atoms with van der Waals surface area (Å²) in [6.07, 6.45) is -0.295. The Morgan fingerprint density at radius 2 is 1.71 bits per heavy atom. The molecule has 1 amide bonds. The number of primary amides is 1. The highest BCUT2D eigenvalue weighted by molar-refractivity contribution is 5.93. The summed E-state index contributed by atoms with van der Waals surface area (Å²) in [6, 6.07) is 20.6. The Balaban J connectivity index is 1.67. The largest absolute Gasteiger partial charge is 0.528 e. The van der Waals surface area contributed by atoms with Crippen LogP contribution in [0.15, 0.2) is 72.8 Å².